The number of benzene rings is 1. The van der Waals surface area contributed by atoms with Crippen LogP contribution in [0.2, 0.25) is 58.9 Å². The fourth-order valence-electron chi connectivity index (χ4n) is 2.46. The molecule has 1 aromatic rings. The van der Waals surface area contributed by atoms with Crippen molar-refractivity contribution in [3.63, 3.8) is 0 Å². The smallest absolute Gasteiger partial charge is 0.343 e. The second-order valence-electron chi connectivity index (χ2n) is 10.0. The predicted octanol–water partition coefficient (Wildman–Crippen LogP) is 6.50. The Labute approximate surface area is 169 Å². The molecule has 1 aromatic carbocycles. The first-order valence-electron chi connectivity index (χ1n) is 9.38. The number of nitrogens with zero attached hydrogens (tertiary/aromatic N) is 1. The SMILES string of the molecule is CN(C)c1ccc(C(O[Si](C)(C)C)P(=O)(O[Si](C)(C)C)O[Si](C)(C)C)cc1. The zero-order chi connectivity index (χ0) is 21.3. The van der Waals surface area contributed by atoms with Gasteiger partial charge in [-0.25, -0.2) is 0 Å². The molecular formula is C18H38NO4PSi3. The molecule has 1 atom stereocenters. The summed E-state index contributed by atoms with van der Waals surface area (Å²) in [4.78, 5) is 2.04. The maximum atomic E-state index is 14.2. The van der Waals surface area contributed by atoms with Gasteiger partial charge >= 0.3 is 7.60 Å². The number of hydrogen-bond acceptors (Lipinski definition) is 5. The van der Waals surface area contributed by atoms with Crippen molar-refractivity contribution in [1.82, 2.24) is 0 Å². The topological polar surface area (TPSA) is 48.0 Å². The van der Waals surface area contributed by atoms with E-state index in [1.54, 1.807) is 0 Å². The van der Waals surface area contributed by atoms with Gasteiger partial charge in [0.15, 0.2) is 30.8 Å². The molecule has 0 aliphatic rings. The predicted molar refractivity (Wildman–Crippen MR) is 124 cm³/mol. The van der Waals surface area contributed by atoms with Crippen LogP contribution >= 0.6 is 7.60 Å². The lowest BCUT2D eigenvalue weighted by molar-refractivity contribution is 0.225. The third kappa shape index (κ3) is 8.77. The van der Waals surface area contributed by atoms with E-state index in [2.05, 4.69) is 19.6 Å². The van der Waals surface area contributed by atoms with Crippen LogP contribution in [0, 0.1) is 0 Å². The summed E-state index contributed by atoms with van der Waals surface area (Å²) in [5.41, 5.74) is 1.93. The summed E-state index contributed by atoms with van der Waals surface area (Å²) < 4.78 is 33.1. The average Bonchev–Trinajstić information content (AvgIpc) is 2.39. The Morgan fingerprint density at radius 1 is 0.778 bits per heavy atom. The van der Waals surface area contributed by atoms with Crippen molar-refractivity contribution in [2.45, 2.75) is 64.8 Å². The Hall–Kier alpha value is -0.219. The van der Waals surface area contributed by atoms with Crippen molar-refractivity contribution in [3.8, 4) is 0 Å². The molecule has 0 saturated heterocycles. The summed E-state index contributed by atoms with van der Waals surface area (Å²) in [6, 6.07) is 7.99. The Balaban J connectivity index is 3.48. The van der Waals surface area contributed by atoms with Crippen LogP contribution in [0.25, 0.3) is 0 Å². The first kappa shape index (κ1) is 24.8. The molecule has 5 nitrogen and oxygen atoms in total. The van der Waals surface area contributed by atoms with Gasteiger partial charge in [0, 0.05) is 19.8 Å². The lowest BCUT2D eigenvalue weighted by atomic mass is 10.2. The normalized spacial score (nSPS) is 14.9. The largest absolute Gasteiger partial charge is 0.400 e. The number of rotatable bonds is 9. The monoisotopic (exact) mass is 447 g/mol. The van der Waals surface area contributed by atoms with E-state index < -0.39 is 38.4 Å². The Morgan fingerprint density at radius 3 is 1.48 bits per heavy atom. The van der Waals surface area contributed by atoms with E-state index in [-0.39, 0.29) is 0 Å². The van der Waals surface area contributed by atoms with E-state index in [1.165, 1.54) is 0 Å². The van der Waals surface area contributed by atoms with Gasteiger partial charge in [0.05, 0.1) is 0 Å². The van der Waals surface area contributed by atoms with Gasteiger partial charge in [-0.3, -0.25) is 4.57 Å². The van der Waals surface area contributed by atoms with Crippen LogP contribution in [-0.2, 0) is 17.4 Å². The van der Waals surface area contributed by atoms with Crippen molar-refractivity contribution in [3.05, 3.63) is 29.8 Å². The summed E-state index contributed by atoms with van der Waals surface area (Å²) in [5, 5.41) is 0. The van der Waals surface area contributed by atoms with Crippen LogP contribution in [0.3, 0.4) is 0 Å². The van der Waals surface area contributed by atoms with Gasteiger partial charge in [-0.15, -0.1) is 0 Å². The van der Waals surface area contributed by atoms with Crippen molar-refractivity contribution in [2.24, 2.45) is 0 Å². The van der Waals surface area contributed by atoms with E-state index in [0.717, 1.165) is 11.3 Å². The zero-order valence-electron chi connectivity index (χ0n) is 18.9. The van der Waals surface area contributed by atoms with Crippen LogP contribution in [-0.4, -0.2) is 39.0 Å². The molecule has 156 valence electrons. The quantitative estimate of drug-likeness (QED) is 0.319. The molecule has 0 spiro atoms. The highest BCUT2D eigenvalue weighted by molar-refractivity contribution is 7.57. The molecular weight excluding hydrogens is 409 g/mol. The summed E-state index contributed by atoms with van der Waals surface area (Å²) >= 11 is 0. The van der Waals surface area contributed by atoms with Gasteiger partial charge in [-0.2, -0.15) is 0 Å². The maximum absolute atomic E-state index is 14.2. The molecule has 0 fully saturated rings. The third-order valence-electron chi connectivity index (χ3n) is 3.25. The minimum Gasteiger partial charge on any atom is -0.400 e. The second kappa shape index (κ2) is 8.65. The van der Waals surface area contributed by atoms with Crippen molar-refractivity contribution in [1.29, 1.82) is 0 Å². The van der Waals surface area contributed by atoms with Crippen LogP contribution in [0.5, 0.6) is 0 Å². The van der Waals surface area contributed by atoms with Crippen molar-refractivity contribution < 1.29 is 17.4 Å². The molecule has 0 aliphatic carbocycles. The molecule has 1 rings (SSSR count). The second-order valence-corrected chi connectivity index (χ2v) is 25.9. The van der Waals surface area contributed by atoms with E-state index in [9.17, 15) is 4.57 Å². The van der Waals surface area contributed by atoms with E-state index >= 15 is 0 Å². The lowest BCUT2D eigenvalue weighted by Crippen LogP contribution is -2.35. The van der Waals surface area contributed by atoms with Crippen LogP contribution in [0.15, 0.2) is 24.3 Å². The average molecular weight is 448 g/mol. The van der Waals surface area contributed by atoms with E-state index in [0.29, 0.717) is 0 Å². The summed E-state index contributed by atoms with van der Waals surface area (Å²) in [6.45, 7) is 18.5. The van der Waals surface area contributed by atoms with Crippen LogP contribution < -0.4 is 4.90 Å². The molecule has 0 N–H and O–H groups in total. The molecule has 0 saturated carbocycles. The van der Waals surface area contributed by atoms with Crippen LogP contribution in [0.4, 0.5) is 5.69 Å². The fourth-order valence-corrected chi connectivity index (χ4v) is 12.6. The van der Waals surface area contributed by atoms with Gasteiger partial charge in [0.2, 0.25) is 0 Å². The molecule has 0 bridgehead atoms. The van der Waals surface area contributed by atoms with Crippen molar-refractivity contribution >= 4 is 38.2 Å². The van der Waals surface area contributed by atoms with Gasteiger partial charge in [0.1, 0.15) is 0 Å². The standard InChI is InChI=1S/C18H38NO4PSi3/c1-19(2)17-14-12-16(13-15-17)18(21-25(3,4)5)24(20,22-26(6,7)8)23-27(9,10)11/h12-15,18H,1-11H3. The van der Waals surface area contributed by atoms with Gasteiger partial charge < -0.3 is 17.8 Å². The summed E-state index contributed by atoms with van der Waals surface area (Å²) in [7, 11) is -5.78. The minimum absolute atomic E-state index is 0.696. The Morgan fingerprint density at radius 2 is 1.19 bits per heavy atom. The Bertz CT molecular complexity index is 641. The zero-order valence-corrected chi connectivity index (χ0v) is 22.8. The molecule has 1 unspecified atom stereocenters. The molecule has 0 heterocycles. The van der Waals surface area contributed by atoms with Gasteiger partial charge in [0.25, 0.3) is 0 Å². The number of hydrogen-bond donors (Lipinski definition) is 0. The third-order valence-corrected chi connectivity index (χ3v) is 11.8. The van der Waals surface area contributed by atoms with Gasteiger partial charge in [-0.1, -0.05) is 12.1 Å². The number of anilines is 1. The lowest BCUT2D eigenvalue weighted by Gasteiger charge is -2.38. The molecule has 27 heavy (non-hydrogen) atoms. The summed E-state index contributed by atoms with van der Waals surface area (Å²) in [5.74, 6) is -0.696. The molecule has 0 aliphatic heterocycles. The van der Waals surface area contributed by atoms with E-state index in [4.69, 9.17) is 12.9 Å². The summed E-state index contributed by atoms with van der Waals surface area (Å²) in [6.07, 6.45) is 0. The first-order valence-corrected chi connectivity index (χ1v) is 21.2. The minimum atomic E-state index is -3.51. The highest BCUT2D eigenvalue weighted by atomic mass is 31.2. The molecule has 0 amide bonds. The highest BCUT2D eigenvalue weighted by Crippen LogP contribution is 2.65. The van der Waals surface area contributed by atoms with E-state index in [1.807, 2.05) is 82.5 Å². The van der Waals surface area contributed by atoms with Crippen LogP contribution in [0.1, 0.15) is 11.4 Å². The highest BCUT2D eigenvalue weighted by Gasteiger charge is 2.46. The fraction of sp³-hybridized carbons (Fsp3) is 0.667. The molecule has 9 heteroatoms. The van der Waals surface area contributed by atoms with Crippen molar-refractivity contribution in [2.75, 3.05) is 19.0 Å². The van der Waals surface area contributed by atoms with Gasteiger partial charge in [-0.05, 0) is 76.6 Å². The maximum Gasteiger partial charge on any atom is 0.343 e. The first-order chi connectivity index (χ1) is 11.9. The molecule has 0 radical (unpaired) electrons. The Kier molecular flexibility index (Phi) is 7.95. The molecule has 0 aromatic heterocycles.